The highest BCUT2D eigenvalue weighted by Gasteiger charge is 2.38. The average molecular weight is 250 g/mol. The number of nitrogens with zero attached hydrogens (tertiary/aromatic N) is 1. The Morgan fingerprint density at radius 1 is 1.33 bits per heavy atom. The van der Waals surface area contributed by atoms with Gasteiger partial charge in [-0.1, -0.05) is 0 Å². The second kappa shape index (κ2) is 4.24. The van der Waals surface area contributed by atoms with Crippen molar-refractivity contribution in [1.82, 2.24) is 10.2 Å². The van der Waals surface area contributed by atoms with Crippen molar-refractivity contribution in [1.29, 1.82) is 0 Å². The van der Waals surface area contributed by atoms with Gasteiger partial charge in [-0.2, -0.15) is 0 Å². The number of hydrogen-bond acceptors (Lipinski definition) is 3. The molecule has 0 saturated carbocycles. The van der Waals surface area contributed by atoms with Crippen LogP contribution in [-0.4, -0.2) is 42.1 Å². The monoisotopic (exact) mass is 250 g/mol. The molecule has 2 aliphatic heterocycles. The van der Waals surface area contributed by atoms with E-state index in [1.54, 1.807) is 4.90 Å². The molecule has 0 bridgehead atoms. The van der Waals surface area contributed by atoms with Gasteiger partial charge in [-0.05, 0) is 24.0 Å². The van der Waals surface area contributed by atoms with Crippen molar-refractivity contribution in [2.24, 2.45) is 11.8 Å². The highest BCUT2D eigenvalue weighted by molar-refractivity contribution is 5.97. The lowest BCUT2D eigenvalue weighted by atomic mass is 10.0. The summed E-state index contributed by atoms with van der Waals surface area (Å²) >= 11 is 0. The SMILES string of the molecule is O=C(c1ccc(F)cc1O)N1CC2CNCC2C1. The first-order chi connectivity index (χ1) is 8.65. The number of phenols is 1. The molecule has 96 valence electrons. The minimum absolute atomic E-state index is 0.185. The molecule has 1 amide bonds. The first kappa shape index (κ1) is 11.5. The van der Waals surface area contributed by atoms with Gasteiger partial charge in [0.2, 0.25) is 0 Å². The van der Waals surface area contributed by atoms with Crippen LogP contribution in [0.2, 0.25) is 0 Å². The number of amides is 1. The van der Waals surface area contributed by atoms with Gasteiger partial charge in [-0.25, -0.2) is 4.39 Å². The molecule has 0 aromatic heterocycles. The number of likely N-dealkylation sites (tertiary alicyclic amines) is 1. The molecule has 2 N–H and O–H groups in total. The lowest BCUT2D eigenvalue weighted by Crippen LogP contribution is -2.31. The molecule has 2 aliphatic rings. The number of carbonyl (C=O) groups is 1. The number of nitrogens with one attached hydrogen (secondary N) is 1. The second-order valence-corrected chi connectivity index (χ2v) is 5.05. The fraction of sp³-hybridized carbons (Fsp3) is 0.462. The molecule has 2 heterocycles. The number of fused-ring (bicyclic) bond motifs is 1. The van der Waals surface area contributed by atoms with Crippen LogP contribution in [-0.2, 0) is 0 Å². The van der Waals surface area contributed by atoms with E-state index in [4.69, 9.17) is 0 Å². The van der Waals surface area contributed by atoms with Gasteiger partial charge in [0.05, 0.1) is 5.56 Å². The van der Waals surface area contributed by atoms with E-state index in [1.807, 2.05) is 0 Å². The smallest absolute Gasteiger partial charge is 0.257 e. The van der Waals surface area contributed by atoms with E-state index in [2.05, 4.69) is 5.32 Å². The third-order valence-electron chi connectivity index (χ3n) is 3.87. The average Bonchev–Trinajstić information content (AvgIpc) is 2.87. The molecule has 1 aromatic rings. The van der Waals surface area contributed by atoms with E-state index in [0.717, 1.165) is 19.2 Å². The molecule has 2 saturated heterocycles. The Bertz CT molecular complexity index is 480. The van der Waals surface area contributed by atoms with E-state index in [1.165, 1.54) is 12.1 Å². The summed E-state index contributed by atoms with van der Waals surface area (Å²) in [5.41, 5.74) is 0.185. The van der Waals surface area contributed by atoms with Gasteiger partial charge in [0.25, 0.3) is 5.91 Å². The number of halogens is 1. The fourth-order valence-electron chi connectivity index (χ4n) is 2.88. The van der Waals surface area contributed by atoms with Crippen molar-refractivity contribution in [2.45, 2.75) is 0 Å². The van der Waals surface area contributed by atoms with Crippen LogP contribution < -0.4 is 5.32 Å². The van der Waals surface area contributed by atoms with Crippen LogP contribution in [0.25, 0.3) is 0 Å². The van der Waals surface area contributed by atoms with Crippen LogP contribution >= 0.6 is 0 Å². The fourth-order valence-corrected chi connectivity index (χ4v) is 2.88. The summed E-state index contributed by atoms with van der Waals surface area (Å²) in [7, 11) is 0. The molecule has 2 unspecified atom stereocenters. The number of rotatable bonds is 1. The van der Waals surface area contributed by atoms with E-state index in [0.29, 0.717) is 24.9 Å². The Morgan fingerprint density at radius 2 is 2.00 bits per heavy atom. The van der Waals surface area contributed by atoms with Crippen LogP contribution in [0.3, 0.4) is 0 Å². The summed E-state index contributed by atoms with van der Waals surface area (Å²) in [6.07, 6.45) is 0. The Kier molecular flexibility index (Phi) is 2.70. The Balaban J connectivity index is 1.79. The summed E-state index contributed by atoms with van der Waals surface area (Å²) in [6, 6.07) is 3.52. The number of aromatic hydroxyl groups is 1. The third-order valence-corrected chi connectivity index (χ3v) is 3.87. The normalized spacial score (nSPS) is 26.4. The minimum atomic E-state index is -0.536. The van der Waals surface area contributed by atoms with Crippen molar-refractivity contribution in [3.63, 3.8) is 0 Å². The quantitative estimate of drug-likeness (QED) is 0.776. The first-order valence-corrected chi connectivity index (χ1v) is 6.13. The van der Waals surface area contributed by atoms with Crippen molar-refractivity contribution in [3.05, 3.63) is 29.6 Å². The highest BCUT2D eigenvalue weighted by Crippen LogP contribution is 2.29. The van der Waals surface area contributed by atoms with Gasteiger partial charge in [0.1, 0.15) is 11.6 Å². The number of benzene rings is 1. The third kappa shape index (κ3) is 1.84. The van der Waals surface area contributed by atoms with Crippen LogP contribution in [0.15, 0.2) is 18.2 Å². The van der Waals surface area contributed by atoms with Gasteiger partial charge < -0.3 is 15.3 Å². The predicted molar refractivity (Wildman–Crippen MR) is 63.8 cm³/mol. The molecule has 4 nitrogen and oxygen atoms in total. The van der Waals surface area contributed by atoms with Crippen molar-refractivity contribution in [3.8, 4) is 5.75 Å². The van der Waals surface area contributed by atoms with E-state index >= 15 is 0 Å². The van der Waals surface area contributed by atoms with Crippen LogP contribution in [0.5, 0.6) is 5.75 Å². The van der Waals surface area contributed by atoms with Crippen molar-refractivity contribution >= 4 is 5.91 Å². The largest absolute Gasteiger partial charge is 0.507 e. The van der Waals surface area contributed by atoms with Crippen LogP contribution in [0.4, 0.5) is 4.39 Å². The Labute approximate surface area is 104 Å². The van der Waals surface area contributed by atoms with E-state index in [9.17, 15) is 14.3 Å². The summed E-state index contributed by atoms with van der Waals surface area (Å²) in [5, 5.41) is 12.9. The maximum atomic E-state index is 12.9. The molecule has 1 aromatic carbocycles. The van der Waals surface area contributed by atoms with Gasteiger partial charge in [0.15, 0.2) is 0 Å². The predicted octanol–water partition coefficient (Wildman–Crippen LogP) is 0.823. The van der Waals surface area contributed by atoms with Gasteiger partial charge in [-0.3, -0.25) is 4.79 Å². The molecular formula is C13H15FN2O2. The standard InChI is InChI=1S/C13H15FN2O2/c14-10-1-2-11(12(17)3-10)13(18)16-6-8-4-15-5-9(8)7-16/h1-3,8-9,15,17H,4-7H2. The first-order valence-electron chi connectivity index (χ1n) is 6.13. The minimum Gasteiger partial charge on any atom is -0.507 e. The number of hydrogen-bond donors (Lipinski definition) is 2. The lowest BCUT2D eigenvalue weighted by Gasteiger charge is -2.18. The summed E-state index contributed by atoms with van der Waals surface area (Å²) in [6.45, 7) is 3.33. The van der Waals surface area contributed by atoms with Crippen molar-refractivity contribution < 1.29 is 14.3 Å². The number of phenolic OH excluding ortho intramolecular Hbond substituents is 1. The highest BCUT2D eigenvalue weighted by atomic mass is 19.1. The molecule has 0 aliphatic carbocycles. The van der Waals surface area contributed by atoms with Crippen LogP contribution in [0, 0.1) is 17.7 Å². The zero-order valence-electron chi connectivity index (χ0n) is 9.90. The van der Waals surface area contributed by atoms with Gasteiger partial charge in [0, 0.05) is 32.2 Å². The van der Waals surface area contributed by atoms with Gasteiger partial charge in [-0.15, -0.1) is 0 Å². The topological polar surface area (TPSA) is 52.6 Å². The van der Waals surface area contributed by atoms with E-state index < -0.39 is 5.82 Å². The van der Waals surface area contributed by atoms with Crippen molar-refractivity contribution in [2.75, 3.05) is 26.2 Å². The molecule has 5 heteroatoms. The molecule has 18 heavy (non-hydrogen) atoms. The number of carbonyl (C=O) groups excluding carboxylic acids is 1. The summed E-state index contributed by atoms with van der Waals surface area (Å²) in [5.74, 6) is -0.00305. The Morgan fingerprint density at radius 3 is 2.61 bits per heavy atom. The maximum Gasteiger partial charge on any atom is 0.257 e. The zero-order chi connectivity index (χ0) is 12.7. The molecule has 0 spiro atoms. The molecule has 2 fully saturated rings. The van der Waals surface area contributed by atoms with E-state index in [-0.39, 0.29) is 17.2 Å². The molecule has 2 atom stereocenters. The summed E-state index contributed by atoms with van der Waals surface area (Å²) in [4.78, 5) is 14.0. The molecule has 0 radical (unpaired) electrons. The zero-order valence-corrected chi connectivity index (χ0v) is 9.90. The molecular weight excluding hydrogens is 235 g/mol. The Hall–Kier alpha value is -1.62. The maximum absolute atomic E-state index is 12.9. The van der Waals surface area contributed by atoms with Gasteiger partial charge >= 0.3 is 0 Å². The van der Waals surface area contributed by atoms with Crippen LogP contribution in [0.1, 0.15) is 10.4 Å². The lowest BCUT2D eigenvalue weighted by molar-refractivity contribution is 0.0778. The molecule has 3 rings (SSSR count). The second-order valence-electron chi connectivity index (χ2n) is 5.05. The summed E-state index contributed by atoms with van der Waals surface area (Å²) < 4.78 is 12.9.